The van der Waals surface area contributed by atoms with E-state index in [1.807, 2.05) is 6.92 Å². The minimum atomic E-state index is -3.25. The van der Waals surface area contributed by atoms with Crippen LogP contribution in [0.25, 0.3) is 10.2 Å². The van der Waals surface area contributed by atoms with E-state index in [1.54, 1.807) is 18.2 Å². The molecule has 0 spiro atoms. The minimum absolute atomic E-state index is 0.120. The van der Waals surface area contributed by atoms with Crippen LogP contribution in [0.1, 0.15) is 13.3 Å². The lowest BCUT2D eigenvalue weighted by Gasteiger charge is -2.06. The summed E-state index contributed by atoms with van der Waals surface area (Å²) in [5.74, 6) is 0.120. The van der Waals surface area contributed by atoms with Gasteiger partial charge in [0.05, 0.1) is 21.7 Å². The van der Waals surface area contributed by atoms with E-state index in [1.165, 1.54) is 11.3 Å². The SMILES string of the molecule is CCCS(=O)(=O)Nc1ccc2nc(Cl)sc2c1. The van der Waals surface area contributed by atoms with Gasteiger partial charge in [-0.3, -0.25) is 4.72 Å². The highest BCUT2D eigenvalue weighted by molar-refractivity contribution is 7.92. The van der Waals surface area contributed by atoms with Crippen molar-refractivity contribution in [1.82, 2.24) is 4.98 Å². The Balaban J connectivity index is 2.31. The fourth-order valence-electron chi connectivity index (χ4n) is 1.46. The summed E-state index contributed by atoms with van der Waals surface area (Å²) in [6.07, 6.45) is 0.587. The molecule has 92 valence electrons. The number of thiazole rings is 1. The second-order valence-corrected chi connectivity index (χ2v) is 7.02. The molecule has 0 amide bonds. The number of benzene rings is 1. The third-order valence-electron chi connectivity index (χ3n) is 2.11. The Kier molecular flexibility index (Phi) is 3.56. The Labute approximate surface area is 109 Å². The lowest BCUT2D eigenvalue weighted by atomic mass is 10.3. The Morgan fingerprint density at radius 3 is 2.94 bits per heavy atom. The van der Waals surface area contributed by atoms with Crippen LogP contribution in [-0.2, 0) is 10.0 Å². The van der Waals surface area contributed by atoms with E-state index in [-0.39, 0.29) is 5.75 Å². The summed E-state index contributed by atoms with van der Waals surface area (Å²) in [6, 6.07) is 5.18. The van der Waals surface area contributed by atoms with E-state index in [4.69, 9.17) is 11.6 Å². The lowest BCUT2D eigenvalue weighted by molar-refractivity contribution is 0.600. The van der Waals surface area contributed by atoms with Gasteiger partial charge in [0.15, 0.2) is 4.47 Å². The zero-order valence-electron chi connectivity index (χ0n) is 9.10. The van der Waals surface area contributed by atoms with Gasteiger partial charge in [0, 0.05) is 0 Å². The second kappa shape index (κ2) is 4.80. The highest BCUT2D eigenvalue weighted by Gasteiger charge is 2.10. The average molecular weight is 291 g/mol. The molecule has 0 bridgehead atoms. The number of nitrogens with one attached hydrogen (secondary N) is 1. The summed E-state index contributed by atoms with van der Waals surface area (Å²) in [4.78, 5) is 4.09. The van der Waals surface area contributed by atoms with Crippen molar-refractivity contribution >= 4 is 48.9 Å². The molecule has 0 aliphatic heterocycles. The highest BCUT2D eigenvalue weighted by atomic mass is 35.5. The molecule has 17 heavy (non-hydrogen) atoms. The van der Waals surface area contributed by atoms with E-state index in [2.05, 4.69) is 9.71 Å². The van der Waals surface area contributed by atoms with Gasteiger partial charge in [-0.1, -0.05) is 18.5 Å². The molecule has 0 saturated heterocycles. The van der Waals surface area contributed by atoms with Crippen LogP contribution in [0.5, 0.6) is 0 Å². The number of fused-ring (bicyclic) bond motifs is 1. The van der Waals surface area contributed by atoms with Crippen LogP contribution >= 0.6 is 22.9 Å². The zero-order chi connectivity index (χ0) is 12.5. The average Bonchev–Trinajstić information content (AvgIpc) is 2.56. The molecular weight excluding hydrogens is 280 g/mol. The van der Waals surface area contributed by atoms with Crippen LogP contribution in [0.4, 0.5) is 5.69 Å². The van der Waals surface area contributed by atoms with Gasteiger partial charge in [-0.15, -0.1) is 11.3 Å². The maximum absolute atomic E-state index is 11.6. The fraction of sp³-hybridized carbons (Fsp3) is 0.300. The molecule has 1 N–H and O–H groups in total. The number of nitrogens with zero attached hydrogens (tertiary/aromatic N) is 1. The smallest absolute Gasteiger partial charge is 0.232 e. The number of aromatic nitrogens is 1. The Bertz CT molecular complexity index is 637. The molecule has 0 unspecified atom stereocenters. The molecule has 0 radical (unpaired) electrons. The van der Waals surface area contributed by atoms with Gasteiger partial charge >= 0.3 is 0 Å². The number of halogens is 1. The molecule has 1 aromatic heterocycles. The maximum atomic E-state index is 11.6. The molecule has 7 heteroatoms. The van der Waals surface area contributed by atoms with Crippen molar-refractivity contribution in [2.24, 2.45) is 0 Å². The summed E-state index contributed by atoms with van der Waals surface area (Å²) >= 11 is 7.11. The number of rotatable bonds is 4. The molecular formula is C10H11ClN2O2S2. The Hall–Kier alpha value is -0.850. The van der Waals surface area contributed by atoms with Gasteiger partial charge < -0.3 is 0 Å². The van der Waals surface area contributed by atoms with Crippen molar-refractivity contribution < 1.29 is 8.42 Å². The molecule has 0 aliphatic carbocycles. The standard InChI is InChI=1S/C10H11ClN2O2S2/c1-2-5-17(14,15)13-7-3-4-8-9(6-7)16-10(11)12-8/h3-4,6,13H,2,5H2,1H3. The number of hydrogen-bond acceptors (Lipinski definition) is 4. The molecule has 1 heterocycles. The summed E-state index contributed by atoms with van der Waals surface area (Å²) in [6.45, 7) is 1.82. The molecule has 0 saturated carbocycles. The lowest BCUT2D eigenvalue weighted by Crippen LogP contribution is -2.15. The van der Waals surface area contributed by atoms with Crippen molar-refractivity contribution in [3.05, 3.63) is 22.7 Å². The molecule has 4 nitrogen and oxygen atoms in total. The zero-order valence-corrected chi connectivity index (χ0v) is 11.5. The second-order valence-electron chi connectivity index (χ2n) is 3.57. The Morgan fingerprint density at radius 2 is 2.24 bits per heavy atom. The van der Waals surface area contributed by atoms with Crippen molar-refractivity contribution in [1.29, 1.82) is 0 Å². The molecule has 1 aromatic carbocycles. The van der Waals surface area contributed by atoms with Crippen molar-refractivity contribution in [2.45, 2.75) is 13.3 Å². The first-order chi connectivity index (χ1) is 8.00. The summed E-state index contributed by atoms with van der Waals surface area (Å²) < 4.78 is 27.0. The first kappa shape index (κ1) is 12.6. The van der Waals surface area contributed by atoms with Gasteiger partial charge in [-0.2, -0.15) is 0 Å². The number of sulfonamides is 1. The van der Waals surface area contributed by atoms with E-state index in [0.717, 1.165) is 10.2 Å². The predicted octanol–water partition coefficient (Wildman–Crippen LogP) is 3.10. The quantitative estimate of drug-likeness (QED) is 0.941. The van der Waals surface area contributed by atoms with E-state index in [0.29, 0.717) is 16.6 Å². The normalized spacial score (nSPS) is 11.9. The predicted molar refractivity (Wildman–Crippen MR) is 72.3 cm³/mol. The van der Waals surface area contributed by atoms with Crippen LogP contribution in [0, 0.1) is 0 Å². The van der Waals surface area contributed by atoms with Gasteiger partial charge in [-0.05, 0) is 24.6 Å². The molecule has 2 rings (SSSR count). The van der Waals surface area contributed by atoms with Crippen LogP contribution in [0.2, 0.25) is 4.47 Å². The van der Waals surface area contributed by atoms with E-state index < -0.39 is 10.0 Å². The first-order valence-electron chi connectivity index (χ1n) is 5.07. The van der Waals surface area contributed by atoms with Gasteiger partial charge in [-0.25, -0.2) is 13.4 Å². The summed E-state index contributed by atoms with van der Waals surface area (Å²) in [5, 5.41) is 0. The third-order valence-corrected chi connectivity index (χ3v) is 4.72. The molecule has 0 aliphatic rings. The molecule has 0 fully saturated rings. The van der Waals surface area contributed by atoms with Gasteiger partial charge in [0.1, 0.15) is 0 Å². The monoisotopic (exact) mass is 290 g/mol. The van der Waals surface area contributed by atoms with E-state index in [9.17, 15) is 8.42 Å². The van der Waals surface area contributed by atoms with Crippen LogP contribution in [0.15, 0.2) is 18.2 Å². The topological polar surface area (TPSA) is 59.1 Å². The summed E-state index contributed by atoms with van der Waals surface area (Å²) in [5.41, 5.74) is 1.32. The number of anilines is 1. The van der Waals surface area contributed by atoms with Crippen LogP contribution in [0.3, 0.4) is 0 Å². The van der Waals surface area contributed by atoms with Crippen molar-refractivity contribution in [2.75, 3.05) is 10.5 Å². The van der Waals surface area contributed by atoms with Crippen molar-refractivity contribution in [3.63, 3.8) is 0 Å². The van der Waals surface area contributed by atoms with Crippen LogP contribution in [-0.4, -0.2) is 19.2 Å². The Morgan fingerprint density at radius 1 is 1.47 bits per heavy atom. The summed E-state index contributed by atoms with van der Waals surface area (Å²) in [7, 11) is -3.25. The van der Waals surface area contributed by atoms with Gasteiger partial charge in [0.2, 0.25) is 10.0 Å². The minimum Gasteiger partial charge on any atom is -0.284 e. The first-order valence-corrected chi connectivity index (χ1v) is 7.91. The largest absolute Gasteiger partial charge is 0.284 e. The fourth-order valence-corrected chi connectivity index (χ4v) is 3.65. The van der Waals surface area contributed by atoms with Crippen LogP contribution < -0.4 is 4.72 Å². The number of hydrogen-bond donors (Lipinski definition) is 1. The van der Waals surface area contributed by atoms with Gasteiger partial charge in [0.25, 0.3) is 0 Å². The van der Waals surface area contributed by atoms with Crippen molar-refractivity contribution in [3.8, 4) is 0 Å². The third kappa shape index (κ3) is 3.08. The van der Waals surface area contributed by atoms with E-state index >= 15 is 0 Å². The molecule has 2 aromatic rings. The maximum Gasteiger partial charge on any atom is 0.232 e. The molecule has 0 atom stereocenters. The highest BCUT2D eigenvalue weighted by Crippen LogP contribution is 2.28.